The van der Waals surface area contributed by atoms with Gasteiger partial charge in [-0.25, -0.2) is 0 Å². The van der Waals surface area contributed by atoms with Crippen LogP contribution in [0.15, 0.2) is 18.2 Å². The number of Topliss-reactive ketones (excluding diaryl/α,β-unsaturated/α-hetero) is 1. The van der Waals surface area contributed by atoms with E-state index in [-0.39, 0.29) is 17.3 Å². The van der Waals surface area contributed by atoms with Gasteiger partial charge < -0.3 is 9.84 Å². The maximum Gasteiger partial charge on any atom is 0.139 e. The van der Waals surface area contributed by atoms with Crippen LogP contribution in [0, 0.1) is 17.3 Å². The lowest BCUT2D eigenvalue weighted by molar-refractivity contribution is -0.143. The zero-order valence-electron chi connectivity index (χ0n) is 13.3. The second-order valence-corrected chi connectivity index (χ2v) is 7.61. The molecule has 3 heteroatoms. The Morgan fingerprint density at radius 1 is 1.32 bits per heavy atom. The molecule has 22 heavy (non-hydrogen) atoms. The fourth-order valence-corrected chi connectivity index (χ4v) is 5.39. The summed E-state index contributed by atoms with van der Waals surface area (Å²) in [5, 5.41) is 9.71. The summed E-state index contributed by atoms with van der Waals surface area (Å²) < 4.78 is 6.14. The number of benzene rings is 1. The first-order valence-electron chi connectivity index (χ1n) is 8.53. The first-order chi connectivity index (χ1) is 10.5. The quantitative estimate of drug-likeness (QED) is 0.786. The van der Waals surface area contributed by atoms with Gasteiger partial charge in [-0.2, -0.15) is 0 Å². The van der Waals surface area contributed by atoms with Crippen LogP contribution in [-0.4, -0.2) is 17.0 Å². The zero-order valence-corrected chi connectivity index (χ0v) is 13.3. The predicted molar refractivity (Wildman–Crippen MR) is 84.1 cm³/mol. The van der Waals surface area contributed by atoms with E-state index in [1.165, 1.54) is 5.56 Å². The van der Waals surface area contributed by atoms with E-state index in [0.29, 0.717) is 23.5 Å². The number of rotatable bonds is 0. The lowest BCUT2D eigenvalue weighted by Crippen LogP contribution is -2.53. The molecule has 3 nitrogen and oxygen atoms in total. The Kier molecular flexibility index (Phi) is 3.04. The van der Waals surface area contributed by atoms with E-state index in [1.54, 1.807) is 12.1 Å². The van der Waals surface area contributed by atoms with Crippen molar-refractivity contribution in [1.29, 1.82) is 0 Å². The Labute approximate surface area is 131 Å². The molecule has 2 aliphatic carbocycles. The van der Waals surface area contributed by atoms with Gasteiger partial charge in [-0.1, -0.05) is 13.0 Å². The monoisotopic (exact) mass is 300 g/mol. The maximum absolute atomic E-state index is 12.5. The molecule has 118 valence electrons. The van der Waals surface area contributed by atoms with Crippen LogP contribution >= 0.6 is 0 Å². The van der Waals surface area contributed by atoms with E-state index in [1.807, 2.05) is 6.07 Å². The number of phenolic OH excluding ortho intramolecular Hbond substituents is 1. The molecule has 5 atom stereocenters. The Balaban J connectivity index is 1.76. The summed E-state index contributed by atoms with van der Waals surface area (Å²) in [5.74, 6) is 2.87. The molecular formula is C19H24O3. The Morgan fingerprint density at radius 3 is 2.95 bits per heavy atom. The average Bonchev–Trinajstić information content (AvgIpc) is 2.48. The van der Waals surface area contributed by atoms with E-state index in [9.17, 15) is 9.90 Å². The molecule has 1 heterocycles. The van der Waals surface area contributed by atoms with Crippen molar-refractivity contribution in [3.05, 3.63) is 23.8 Å². The van der Waals surface area contributed by atoms with Crippen molar-refractivity contribution in [3.63, 3.8) is 0 Å². The van der Waals surface area contributed by atoms with E-state index in [4.69, 9.17) is 4.74 Å². The molecule has 4 rings (SSSR count). The summed E-state index contributed by atoms with van der Waals surface area (Å²) in [7, 11) is 0. The molecule has 0 saturated heterocycles. The molecule has 0 bridgehead atoms. The number of ether oxygens (including phenoxy) is 1. The smallest absolute Gasteiger partial charge is 0.139 e. The summed E-state index contributed by atoms with van der Waals surface area (Å²) >= 11 is 0. The summed E-state index contributed by atoms with van der Waals surface area (Å²) in [5.41, 5.74) is 1.08. The summed E-state index contributed by atoms with van der Waals surface area (Å²) in [4.78, 5) is 12.5. The SMILES string of the molecule is C[C@H]1Oc2cc(O)ccc2[C@H]2CC[C@]3(C)C(=O)CCC[C@H]3[C@H]21. The molecule has 0 aromatic heterocycles. The molecule has 0 radical (unpaired) electrons. The number of carbonyl (C=O) groups excluding carboxylic acids is 1. The predicted octanol–water partition coefficient (Wildman–Crippen LogP) is 4.04. The van der Waals surface area contributed by atoms with Gasteiger partial charge in [0.2, 0.25) is 0 Å². The van der Waals surface area contributed by atoms with Crippen molar-refractivity contribution in [2.75, 3.05) is 0 Å². The third kappa shape index (κ3) is 1.84. The van der Waals surface area contributed by atoms with Crippen LogP contribution in [0.2, 0.25) is 0 Å². The topological polar surface area (TPSA) is 46.5 Å². The molecule has 1 aromatic carbocycles. The standard InChI is InChI=1S/C19H24O3/c1-11-18-14(13-7-6-12(20)10-16(13)22-11)8-9-19(2)15(18)4-3-5-17(19)21/h6-7,10-11,14-15,18,20H,3-5,8-9H2,1-2H3/t11-,14-,15+,18+,19+/m1/s1. The Hall–Kier alpha value is -1.51. The number of ketones is 1. The lowest BCUT2D eigenvalue weighted by Gasteiger charge is -2.54. The van der Waals surface area contributed by atoms with Crippen LogP contribution in [-0.2, 0) is 4.79 Å². The summed E-state index contributed by atoms with van der Waals surface area (Å²) in [6.07, 6.45) is 5.07. The van der Waals surface area contributed by atoms with Gasteiger partial charge in [-0.3, -0.25) is 4.79 Å². The molecule has 2 fully saturated rings. The normalized spacial score (nSPS) is 40.2. The van der Waals surface area contributed by atoms with Crippen molar-refractivity contribution in [2.24, 2.45) is 17.3 Å². The highest BCUT2D eigenvalue weighted by Crippen LogP contribution is 2.59. The van der Waals surface area contributed by atoms with Crippen LogP contribution in [0.25, 0.3) is 0 Å². The fraction of sp³-hybridized carbons (Fsp3) is 0.632. The second kappa shape index (κ2) is 4.74. The molecule has 1 aromatic rings. The van der Waals surface area contributed by atoms with Crippen LogP contribution in [0.4, 0.5) is 0 Å². The van der Waals surface area contributed by atoms with E-state index in [0.717, 1.165) is 37.9 Å². The molecule has 0 spiro atoms. The van der Waals surface area contributed by atoms with Crippen LogP contribution in [0.1, 0.15) is 57.4 Å². The van der Waals surface area contributed by atoms with Gasteiger partial charge >= 0.3 is 0 Å². The summed E-state index contributed by atoms with van der Waals surface area (Å²) in [6, 6.07) is 5.51. The first kappa shape index (κ1) is 14.1. The van der Waals surface area contributed by atoms with Gasteiger partial charge in [-0.05, 0) is 56.1 Å². The largest absolute Gasteiger partial charge is 0.508 e. The third-order valence-corrected chi connectivity index (χ3v) is 6.53. The third-order valence-electron chi connectivity index (χ3n) is 6.53. The fourth-order valence-electron chi connectivity index (χ4n) is 5.39. The number of aromatic hydroxyl groups is 1. The number of hydrogen-bond acceptors (Lipinski definition) is 3. The van der Waals surface area contributed by atoms with Gasteiger partial charge in [0, 0.05) is 23.8 Å². The van der Waals surface area contributed by atoms with Crippen molar-refractivity contribution in [1.82, 2.24) is 0 Å². The van der Waals surface area contributed by atoms with Crippen molar-refractivity contribution in [3.8, 4) is 11.5 Å². The second-order valence-electron chi connectivity index (χ2n) is 7.61. The van der Waals surface area contributed by atoms with E-state index >= 15 is 0 Å². The molecular weight excluding hydrogens is 276 g/mol. The number of fused-ring (bicyclic) bond motifs is 5. The number of phenols is 1. The van der Waals surface area contributed by atoms with Crippen LogP contribution < -0.4 is 4.74 Å². The molecule has 1 aliphatic heterocycles. The minimum Gasteiger partial charge on any atom is -0.508 e. The van der Waals surface area contributed by atoms with E-state index in [2.05, 4.69) is 13.8 Å². The molecule has 1 N–H and O–H groups in total. The minimum absolute atomic E-state index is 0.106. The number of hydrogen-bond donors (Lipinski definition) is 1. The minimum atomic E-state index is -0.147. The van der Waals surface area contributed by atoms with Gasteiger partial charge in [0.05, 0.1) is 6.10 Å². The van der Waals surface area contributed by atoms with Crippen LogP contribution in [0.3, 0.4) is 0 Å². The molecule has 0 unspecified atom stereocenters. The van der Waals surface area contributed by atoms with Gasteiger partial charge in [0.25, 0.3) is 0 Å². The van der Waals surface area contributed by atoms with Crippen molar-refractivity contribution in [2.45, 2.75) is 58.0 Å². The highest BCUT2D eigenvalue weighted by molar-refractivity contribution is 5.85. The van der Waals surface area contributed by atoms with Crippen molar-refractivity contribution < 1.29 is 14.6 Å². The van der Waals surface area contributed by atoms with Crippen LogP contribution in [0.5, 0.6) is 11.5 Å². The first-order valence-corrected chi connectivity index (χ1v) is 8.53. The molecule has 3 aliphatic rings. The zero-order chi connectivity index (χ0) is 15.5. The van der Waals surface area contributed by atoms with Gasteiger partial charge in [0.15, 0.2) is 0 Å². The average molecular weight is 300 g/mol. The van der Waals surface area contributed by atoms with Gasteiger partial charge in [0.1, 0.15) is 17.3 Å². The summed E-state index contributed by atoms with van der Waals surface area (Å²) in [6.45, 7) is 4.32. The lowest BCUT2D eigenvalue weighted by atomic mass is 9.51. The highest BCUT2D eigenvalue weighted by atomic mass is 16.5. The Morgan fingerprint density at radius 2 is 2.14 bits per heavy atom. The number of carbonyl (C=O) groups is 1. The molecule has 2 saturated carbocycles. The highest BCUT2D eigenvalue weighted by Gasteiger charge is 2.55. The Bertz CT molecular complexity index is 623. The van der Waals surface area contributed by atoms with Crippen molar-refractivity contribution >= 4 is 5.78 Å². The maximum atomic E-state index is 12.5. The van der Waals surface area contributed by atoms with E-state index < -0.39 is 0 Å². The van der Waals surface area contributed by atoms with Gasteiger partial charge in [-0.15, -0.1) is 0 Å². The molecule has 0 amide bonds.